The lowest BCUT2D eigenvalue weighted by atomic mass is 9.85. The summed E-state index contributed by atoms with van der Waals surface area (Å²) in [6, 6.07) is 0.493. The maximum absolute atomic E-state index is 12.0. The van der Waals surface area contributed by atoms with E-state index in [-0.39, 0.29) is 11.9 Å². The van der Waals surface area contributed by atoms with E-state index < -0.39 is 5.60 Å². The number of rotatable bonds is 3. The summed E-state index contributed by atoms with van der Waals surface area (Å²) in [5, 5.41) is 15.8. The topological polar surface area (TPSA) is 61.4 Å². The second kappa shape index (κ2) is 4.94. The van der Waals surface area contributed by atoms with Crippen LogP contribution in [-0.4, -0.2) is 35.2 Å². The maximum atomic E-state index is 12.0. The second-order valence-corrected chi connectivity index (χ2v) is 6.14. The molecule has 0 spiro atoms. The molecule has 1 aliphatic heterocycles. The van der Waals surface area contributed by atoms with E-state index >= 15 is 0 Å². The van der Waals surface area contributed by atoms with Crippen molar-refractivity contribution >= 4 is 5.91 Å². The number of hydrogen-bond acceptors (Lipinski definition) is 3. The molecule has 3 N–H and O–H groups in total. The van der Waals surface area contributed by atoms with Gasteiger partial charge in [0.2, 0.25) is 5.91 Å². The van der Waals surface area contributed by atoms with Gasteiger partial charge < -0.3 is 15.7 Å². The predicted octanol–water partition coefficient (Wildman–Crippen LogP) is 0.794. The molecule has 1 saturated carbocycles. The zero-order chi connectivity index (χ0) is 12.5. The standard InChI is InChI=1S/C13H24N2O2/c1-13(2,17)8-14-12(16)11-7-9-5-3-4-6-10(9)15-11/h9-11,15,17H,3-8H2,1-2H3,(H,14,16). The van der Waals surface area contributed by atoms with Crippen molar-refractivity contribution in [3.8, 4) is 0 Å². The van der Waals surface area contributed by atoms with Gasteiger partial charge >= 0.3 is 0 Å². The van der Waals surface area contributed by atoms with Crippen molar-refractivity contribution in [1.82, 2.24) is 10.6 Å². The van der Waals surface area contributed by atoms with E-state index in [1.807, 2.05) is 0 Å². The maximum Gasteiger partial charge on any atom is 0.237 e. The van der Waals surface area contributed by atoms with Crippen molar-refractivity contribution in [2.75, 3.05) is 6.54 Å². The first-order valence-corrected chi connectivity index (χ1v) is 6.72. The van der Waals surface area contributed by atoms with Gasteiger partial charge in [0.1, 0.15) is 0 Å². The van der Waals surface area contributed by atoms with Crippen LogP contribution in [0.5, 0.6) is 0 Å². The van der Waals surface area contributed by atoms with Crippen LogP contribution in [0.1, 0.15) is 46.0 Å². The molecule has 1 heterocycles. The lowest BCUT2D eigenvalue weighted by molar-refractivity contribution is -0.123. The van der Waals surface area contributed by atoms with Gasteiger partial charge in [-0.15, -0.1) is 0 Å². The van der Waals surface area contributed by atoms with Gasteiger partial charge in [0.15, 0.2) is 0 Å². The number of amides is 1. The molecule has 17 heavy (non-hydrogen) atoms. The predicted molar refractivity (Wildman–Crippen MR) is 66.6 cm³/mol. The minimum atomic E-state index is -0.832. The first-order valence-electron chi connectivity index (χ1n) is 6.72. The van der Waals surface area contributed by atoms with Crippen LogP contribution in [-0.2, 0) is 4.79 Å². The van der Waals surface area contributed by atoms with E-state index in [0.717, 1.165) is 6.42 Å². The van der Waals surface area contributed by atoms with Crippen molar-refractivity contribution in [3.05, 3.63) is 0 Å². The minimum absolute atomic E-state index is 0.0431. The van der Waals surface area contributed by atoms with Gasteiger partial charge in [0, 0.05) is 12.6 Å². The zero-order valence-corrected chi connectivity index (χ0v) is 10.8. The average molecular weight is 240 g/mol. The van der Waals surface area contributed by atoms with Crippen molar-refractivity contribution in [3.63, 3.8) is 0 Å². The fourth-order valence-corrected chi connectivity index (χ4v) is 2.95. The normalized spacial score (nSPS) is 33.2. The van der Waals surface area contributed by atoms with E-state index in [0.29, 0.717) is 18.5 Å². The number of hydrogen-bond donors (Lipinski definition) is 3. The molecule has 4 heteroatoms. The highest BCUT2D eigenvalue weighted by Gasteiger charge is 2.38. The number of nitrogens with one attached hydrogen (secondary N) is 2. The second-order valence-electron chi connectivity index (χ2n) is 6.14. The van der Waals surface area contributed by atoms with Crippen LogP contribution in [0.25, 0.3) is 0 Å². The number of fused-ring (bicyclic) bond motifs is 1. The van der Waals surface area contributed by atoms with Gasteiger partial charge in [-0.1, -0.05) is 12.8 Å². The summed E-state index contributed by atoms with van der Waals surface area (Å²) in [7, 11) is 0. The molecular weight excluding hydrogens is 216 g/mol. The molecule has 1 amide bonds. The summed E-state index contributed by atoms with van der Waals surface area (Å²) in [5.41, 5.74) is -0.832. The Hall–Kier alpha value is -0.610. The van der Waals surface area contributed by atoms with Crippen molar-refractivity contribution in [1.29, 1.82) is 0 Å². The average Bonchev–Trinajstić information content (AvgIpc) is 2.68. The Kier molecular flexibility index (Phi) is 3.73. The highest BCUT2D eigenvalue weighted by atomic mass is 16.3. The van der Waals surface area contributed by atoms with Crippen LogP contribution in [0.2, 0.25) is 0 Å². The Morgan fingerprint density at radius 3 is 2.76 bits per heavy atom. The zero-order valence-electron chi connectivity index (χ0n) is 10.8. The van der Waals surface area contributed by atoms with E-state index in [9.17, 15) is 9.90 Å². The Morgan fingerprint density at radius 1 is 1.41 bits per heavy atom. The van der Waals surface area contributed by atoms with Crippen LogP contribution in [0.3, 0.4) is 0 Å². The molecule has 4 nitrogen and oxygen atoms in total. The molecular formula is C13H24N2O2. The molecule has 98 valence electrons. The summed E-state index contributed by atoms with van der Waals surface area (Å²) in [6.45, 7) is 3.73. The highest BCUT2D eigenvalue weighted by Crippen LogP contribution is 2.33. The first kappa shape index (κ1) is 12.8. The number of carbonyl (C=O) groups is 1. The molecule has 2 fully saturated rings. The van der Waals surface area contributed by atoms with Gasteiger partial charge in [-0.05, 0) is 39.0 Å². The molecule has 1 saturated heterocycles. The van der Waals surface area contributed by atoms with E-state index in [1.54, 1.807) is 13.8 Å². The Balaban J connectivity index is 1.81. The fraction of sp³-hybridized carbons (Fsp3) is 0.923. The molecule has 0 bridgehead atoms. The lowest BCUT2D eigenvalue weighted by Gasteiger charge is -2.24. The third-order valence-electron chi connectivity index (χ3n) is 3.87. The summed E-state index contributed by atoms with van der Waals surface area (Å²) >= 11 is 0. The Morgan fingerprint density at radius 2 is 2.12 bits per heavy atom. The van der Waals surface area contributed by atoms with Crippen molar-refractivity contribution in [2.45, 2.75) is 63.6 Å². The molecule has 0 aromatic heterocycles. The van der Waals surface area contributed by atoms with Crippen LogP contribution in [0.15, 0.2) is 0 Å². The smallest absolute Gasteiger partial charge is 0.237 e. The number of carbonyl (C=O) groups excluding carboxylic acids is 1. The first-order chi connectivity index (χ1) is 7.96. The largest absolute Gasteiger partial charge is 0.389 e. The molecule has 2 aliphatic rings. The van der Waals surface area contributed by atoms with Gasteiger partial charge in [-0.2, -0.15) is 0 Å². The van der Waals surface area contributed by atoms with E-state index in [1.165, 1.54) is 25.7 Å². The van der Waals surface area contributed by atoms with E-state index in [4.69, 9.17) is 0 Å². The summed E-state index contributed by atoms with van der Waals surface area (Å²) < 4.78 is 0. The quantitative estimate of drug-likeness (QED) is 0.683. The molecule has 0 radical (unpaired) electrons. The van der Waals surface area contributed by atoms with Gasteiger partial charge in [-0.3, -0.25) is 4.79 Å². The van der Waals surface area contributed by atoms with Crippen LogP contribution in [0, 0.1) is 5.92 Å². The van der Waals surface area contributed by atoms with Crippen LogP contribution >= 0.6 is 0 Å². The molecule has 1 aliphatic carbocycles. The molecule has 0 aromatic carbocycles. The molecule has 0 aromatic rings. The number of aliphatic hydroxyl groups is 1. The van der Waals surface area contributed by atoms with Crippen molar-refractivity contribution < 1.29 is 9.90 Å². The molecule has 2 rings (SSSR count). The van der Waals surface area contributed by atoms with Crippen molar-refractivity contribution in [2.24, 2.45) is 5.92 Å². The lowest BCUT2D eigenvalue weighted by Crippen LogP contribution is -2.47. The van der Waals surface area contributed by atoms with Gasteiger partial charge in [-0.25, -0.2) is 0 Å². The van der Waals surface area contributed by atoms with Crippen LogP contribution in [0.4, 0.5) is 0 Å². The monoisotopic (exact) mass is 240 g/mol. The highest BCUT2D eigenvalue weighted by molar-refractivity contribution is 5.82. The molecule has 3 atom stereocenters. The van der Waals surface area contributed by atoms with Gasteiger partial charge in [0.25, 0.3) is 0 Å². The minimum Gasteiger partial charge on any atom is -0.389 e. The summed E-state index contributed by atoms with van der Waals surface area (Å²) in [6.07, 6.45) is 6.02. The Labute approximate surface area is 103 Å². The Bertz CT molecular complexity index is 272. The summed E-state index contributed by atoms with van der Waals surface area (Å²) in [4.78, 5) is 12.0. The third-order valence-corrected chi connectivity index (χ3v) is 3.87. The SMILES string of the molecule is CC(C)(O)CNC(=O)C1CC2CCCCC2N1. The summed E-state index contributed by atoms with van der Waals surface area (Å²) in [5.74, 6) is 0.725. The van der Waals surface area contributed by atoms with Gasteiger partial charge in [0.05, 0.1) is 11.6 Å². The fourth-order valence-electron chi connectivity index (χ4n) is 2.95. The third kappa shape index (κ3) is 3.42. The van der Waals surface area contributed by atoms with Crippen LogP contribution < -0.4 is 10.6 Å². The van der Waals surface area contributed by atoms with E-state index in [2.05, 4.69) is 10.6 Å². The molecule has 3 unspecified atom stereocenters.